The highest BCUT2D eigenvalue weighted by atomic mass is 16.5. The van der Waals surface area contributed by atoms with Crippen LogP contribution in [0.1, 0.15) is 24.2 Å². The Morgan fingerprint density at radius 3 is 2.95 bits per heavy atom. The number of nitrogens with zero attached hydrogens (tertiary/aromatic N) is 2. The lowest BCUT2D eigenvalue weighted by atomic mass is 10.2. The normalized spacial score (nSPS) is 12.3. The van der Waals surface area contributed by atoms with Crippen LogP contribution in [-0.4, -0.2) is 35.2 Å². The number of carbonyl (C=O) groups is 1. The molecule has 0 aliphatic rings. The van der Waals surface area contributed by atoms with Gasteiger partial charge in [0.2, 0.25) is 0 Å². The van der Waals surface area contributed by atoms with E-state index in [1.165, 1.54) is 4.57 Å². The molecule has 0 aliphatic carbocycles. The van der Waals surface area contributed by atoms with Crippen LogP contribution in [0.25, 0.3) is 11.0 Å². The molecule has 0 unspecified atom stereocenters. The van der Waals surface area contributed by atoms with Crippen molar-refractivity contribution in [2.24, 2.45) is 0 Å². The lowest BCUT2D eigenvalue weighted by molar-refractivity contribution is 0.0903. The average molecular weight is 289 g/mol. The molecule has 1 amide bonds. The second kappa shape index (κ2) is 6.49. The fourth-order valence-electron chi connectivity index (χ4n) is 2.26. The maximum Gasteiger partial charge on any atom is 0.265 e. The number of aryl methyl sites for hydroxylation is 1. The van der Waals surface area contributed by atoms with Crippen LogP contribution in [0.2, 0.25) is 0 Å². The van der Waals surface area contributed by atoms with Crippen molar-refractivity contribution in [2.45, 2.75) is 26.4 Å². The summed E-state index contributed by atoms with van der Waals surface area (Å²) in [6.07, 6.45) is 1.63. The van der Waals surface area contributed by atoms with Gasteiger partial charge in [0.1, 0.15) is 11.2 Å². The van der Waals surface area contributed by atoms with E-state index in [0.717, 1.165) is 5.39 Å². The predicted octanol–water partition coefficient (Wildman–Crippen LogP) is 1.18. The van der Waals surface area contributed by atoms with Crippen LogP contribution in [0.3, 0.4) is 0 Å². The Bertz CT molecular complexity index is 709. The molecule has 21 heavy (non-hydrogen) atoms. The Kier molecular flexibility index (Phi) is 4.70. The molecule has 0 bridgehead atoms. The maximum absolute atomic E-state index is 12.4. The first-order valence-electron chi connectivity index (χ1n) is 6.86. The number of nitrogens with one attached hydrogen (secondary N) is 1. The Hall–Kier alpha value is -2.21. The minimum atomic E-state index is -0.391. The zero-order chi connectivity index (χ0) is 15.4. The van der Waals surface area contributed by atoms with Gasteiger partial charge in [-0.2, -0.15) is 0 Å². The van der Waals surface area contributed by atoms with Gasteiger partial charge in [-0.15, -0.1) is 0 Å². The van der Waals surface area contributed by atoms with Crippen LogP contribution >= 0.6 is 0 Å². The molecular weight excluding hydrogens is 270 g/mol. The molecule has 2 rings (SSSR count). The van der Waals surface area contributed by atoms with Crippen LogP contribution in [0.15, 0.2) is 29.2 Å². The third kappa shape index (κ3) is 3.11. The van der Waals surface area contributed by atoms with Crippen LogP contribution in [-0.2, 0) is 11.3 Å². The lowest BCUT2D eigenvalue weighted by Crippen LogP contribution is -2.39. The molecule has 2 aromatic rings. The van der Waals surface area contributed by atoms with Crippen molar-refractivity contribution in [2.75, 3.05) is 13.7 Å². The monoisotopic (exact) mass is 289 g/mol. The van der Waals surface area contributed by atoms with E-state index in [-0.39, 0.29) is 17.2 Å². The fraction of sp³-hybridized carbons (Fsp3) is 0.400. The second-order valence-electron chi connectivity index (χ2n) is 4.85. The topological polar surface area (TPSA) is 73.2 Å². The van der Waals surface area contributed by atoms with Crippen molar-refractivity contribution < 1.29 is 9.53 Å². The largest absolute Gasteiger partial charge is 0.383 e. The molecule has 6 nitrogen and oxygen atoms in total. The molecule has 112 valence electrons. The van der Waals surface area contributed by atoms with E-state index in [9.17, 15) is 9.59 Å². The molecule has 2 aromatic heterocycles. The number of fused-ring (bicyclic) bond motifs is 1. The molecule has 0 saturated carbocycles. The third-order valence-electron chi connectivity index (χ3n) is 3.20. The minimum Gasteiger partial charge on any atom is -0.383 e. The van der Waals surface area contributed by atoms with Gasteiger partial charge in [-0.05, 0) is 32.0 Å². The molecule has 0 radical (unpaired) electrons. The summed E-state index contributed by atoms with van der Waals surface area (Å²) in [7, 11) is 1.56. The maximum atomic E-state index is 12.4. The Morgan fingerprint density at radius 2 is 2.29 bits per heavy atom. The van der Waals surface area contributed by atoms with Crippen molar-refractivity contribution in [3.8, 4) is 0 Å². The van der Waals surface area contributed by atoms with Crippen LogP contribution < -0.4 is 10.9 Å². The highest BCUT2D eigenvalue weighted by Gasteiger charge is 2.17. The molecule has 2 heterocycles. The lowest BCUT2D eigenvalue weighted by Gasteiger charge is -2.14. The number of carbonyl (C=O) groups excluding carboxylic acids is 1. The predicted molar refractivity (Wildman–Crippen MR) is 80.5 cm³/mol. The molecule has 0 aliphatic heterocycles. The van der Waals surface area contributed by atoms with Gasteiger partial charge in [-0.25, -0.2) is 4.98 Å². The summed E-state index contributed by atoms with van der Waals surface area (Å²) in [5, 5.41) is 3.52. The first-order chi connectivity index (χ1) is 10.1. The molecule has 0 fully saturated rings. The molecular formula is C15H19N3O3. The van der Waals surface area contributed by atoms with E-state index < -0.39 is 5.91 Å². The SMILES string of the molecule is CCn1c(=O)c(C(=O)N[C@@H](C)COC)cc2cccnc21. The highest BCUT2D eigenvalue weighted by Crippen LogP contribution is 2.10. The van der Waals surface area contributed by atoms with Crippen LogP contribution in [0.4, 0.5) is 0 Å². The van der Waals surface area contributed by atoms with Gasteiger partial charge in [0.25, 0.3) is 11.5 Å². The minimum absolute atomic E-state index is 0.125. The number of rotatable bonds is 5. The zero-order valence-corrected chi connectivity index (χ0v) is 12.4. The number of aromatic nitrogens is 2. The summed E-state index contributed by atoms with van der Waals surface area (Å²) in [5.41, 5.74) is 0.387. The van der Waals surface area contributed by atoms with Crippen molar-refractivity contribution in [1.29, 1.82) is 0 Å². The Labute approximate surface area is 122 Å². The average Bonchev–Trinajstić information content (AvgIpc) is 2.46. The van der Waals surface area contributed by atoms with Gasteiger partial charge in [-0.1, -0.05) is 0 Å². The summed E-state index contributed by atoms with van der Waals surface area (Å²) >= 11 is 0. The van der Waals surface area contributed by atoms with Gasteiger partial charge in [0.05, 0.1) is 6.61 Å². The number of pyridine rings is 2. The quantitative estimate of drug-likeness (QED) is 0.897. The Balaban J connectivity index is 2.47. The summed E-state index contributed by atoms with van der Waals surface area (Å²) in [6, 6.07) is 5.04. The van der Waals surface area contributed by atoms with Gasteiger partial charge < -0.3 is 10.1 Å². The molecule has 6 heteroatoms. The summed E-state index contributed by atoms with van der Waals surface area (Å²) in [6.45, 7) is 4.52. The fourth-order valence-corrected chi connectivity index (χ4v) is 2.26. The van der Waals surface area contributed by atoms with E-state index >= 15 is 0 Å². The van der Waals surface area contributed by atoms with Gasteiger partial charge in [0.15, 0.2) is 0 Å². The number of amides is 1. The van der Waals surface area contributed by atoms with Crippen molar-refractivity contribution >= 4 is 16.9 Å². The summed E-state index contributed by atoms with van der Waals surface area (Å²) in [5.74, 6) is -0.391. The molecule has 0 aromatic carbocycles. The van der Waals surface area contributed by atoms with E-state index in [1.807, 2.05) is 19.9 Å². The molecule has 1 N–H and O–H groups in total. The van der Waals surface area contributed by atoms with E-state index in [2.05, 4.69) is 10.3 Å². The van der Waals surface area contributed by atoms with E-state index in [4.69, 9.17) is 4.74 Å². The molecule has 1 atom stereocenters. The number of hydrogen-bond acceptors (Lipinski definition) is 4. The standard InChI is InChI=1S/C15H19N3O3/c1-4-18-13-11(6-5-7-16-13)8-12(15(18)20)14(19)17-10(2)9-21-3/h5-8,10H,4,9H2,1-3H3,(H,17,19)/t10-/m0/s1. The van der Waals surface area contributed by atoms with Gasteiger partial charge in [-0.3, -0.25) is 14.2 Å². The van der Waals surface area contributed by atoms with E-state index in [0.29, 0.717) is 18.8 Å². The zero-order valence-electron chi connectivity index (χ0n) is 12.4. The molecule has 0 saturated heterocycles. The van der Waals surface area contributed by atoms with Crippen molar-refractivity contribution in [1.82, 2.24) is 14.9 Å². The molecule has 0 spiro atoms. The van der Waals surface area contributed by atoms with Crippen LogP contribution in [0.5, 0.6) is 0 Å². The van der Waals surface area contributed by atoms with Crippen molar-refractivity contribution in [3.63, 3.8) is 0 Å². The second-order valence-corrected chi connectivity index (χ2v) is 4.85. The summed E-state index contributed by atoms with van der Waals surface area (Å²) < 4.78 is 6.48. The van der Waals surface area contributed by atoms with Crippen LogP contribution in [0, 0.1) is 0 Å². The number of methoxy groups -OCH3 is 1. The highest BCUT2D eigenvalue weighted by molar-refractivity contribution is 5.97. The van der Waals surface area contributed by atoms with E-state index in [1.54, 1.807) is 25.4 Å². The third-order valence-corrected chi connectivity index (χ3v) is 3.20. The number of ether oxygens (including phenoxy) is 1. The van der Waals surface area contributed by atoms with Crippen molar-refractivity contribution in [3.05, 3.63) is 40.3 Å². The smallest absolute Gasteiger partial charge is 0.265 e. The Morgan fingerprint density at radius 1 is 1.52 bits per heavy atom. The van der Waals surface area contributed by atoms with Gasteiger partial charge in [0, 0.05) is 31.3 Å². The first kappa shape index (κ1) is 15.2. The number of hydrogen-bond donors (Lipinski definition) is 1. The van der Waals surface area contributed by atoms with Gasteiger partial charge >= 0.3 is 0 Å². The summed E-state index contributed by atoms with van der Waals surface area (Å²) in [4.78, 5) is 28.9. The first-order valence-corrected chi connectivity index (χ1v) is 6.86.